The monoisotopic (exact) mass is 422 g/mol. The molecule has 0 saturated carbocycles. The fourth-order valence-corrected chi connectivity index (χ4v) is 3.85. The molecule has 1 amide bonds. The number of methoxy groups -OCH3 is 1. The van der Waals surface area contributed by atoms with Crippen molar-refractivity contribution in [2.75, 3.05) is 38.7 Å². The number of carbonyl (C=O) groups is 1. The molecule has 1 fully saturated rings. The average Bonchev–Trinajstić information content (AvgIpc) is 3.47. The minimum atomic E-state index is 0.122. The van der Waals surface area contributed by atoms with Crippen LogP contribution in [0.25, 0.3) is 11.4 Å². The number of aromatic nitrogens is 4. The summed E-state index contributed by atoms with van der Waals surface area (Å²) in [5.41, 5.74) is 2.64. The van der Waals surface area contributed by atoms with Gasteiger partial charge < -0.3 is 19.1 Å². The van der Waals surface area contributed by atoms with Gasteiger partial charge in [-0.2, -0.15) is 4.98 Å². The Morgan fingerprint density at radius 3 is 3.03 bits per heavy atom. The maximum Gasteiger partial charge on any atom is 0.224 e. The van der Waals surface area contributed by atoms with Crippen molar-refractivity contribution in [1.29, 1.82) is 0 Å². The highest BCUT2D eigenvalue weighted by Gasteiger charge is 2.30. The Balaban J connectivity index is 1.37. The van der Waals surface area contributed by atoms with E-state index in [2.05, 4.69) is 25.0 Å². The third-order valence-electron chi connectivity index (χ3n) is 5.59. The van der Waals surface area contributed by atoms with Gasteiger partial charge in [0.15, 0.2) is 0 Å². The van der Waals surface area contributed by atoms with Gasteiger partial charge >= 0.3 is 0 Å². The van der Waals surface area contributed by atoms with Crippen LogP contribution in [-0.4, -0.2) is 64.7 Å². The largest absolute Gasteiger partial charge is 0.497 e. The van der Waals surface area contributed by atoms with Gasteiger partial charge in [-0.25, -0.2) is 9.97 Å². The van der Waals surface area contributed by atoms with Gasteiger partial charge in [0.2, 0.25) is 17.6 Å². The van der Waals surface area contributed by atoms with Crippen LogP contribution in [0.2, 0.25) is 0 Å². The number of hydrogen-bond donors (Lipinski definition) is 0. The zero-order valence-electron chi connectivity index (χ0n) is 18.0. The Bertz CT molecular complexity index is 1050. The number of anilines is 1. The van der Waals surface area contributed by atoms with E-state index in [0.29, 0.717) is 37.8 Å². The normalized spacial score (nSPS) is 15.8. The average molecular weight is 422 g/mol. The third kappa shape index (κ3) is 4.65. The molecule has 1 saturated heterocycles. The summed E-state index contributed by atoms with van der Waals surface area (Å²) in [5.74, 6) is 2.04. The van der Waals surface area contributed by atoms with E-state index >= 15 is 0 Å². The molecule has 31 heavy (non-hydrogen) atoms. The number of likely N-dealkylation sites (tertiary alicyclic amines) is 1. The molecule has 9 nitrogen and oxygen atoms in total. The maximum absolute atomic E-state index is 12.8. The summed E-state index contributed by atoms with van der Waals surface area (Å²) in [5, 5.41) is 4.00. The van der Waals surface area contributed by atoms with Crippen LogP contribution in [0.4, 0.5) is 5.69 Å². The number of nitrogens with zero attached hydrogens (tertiary/aromatic N) is 6. The summed E-state index contributed by atoms with van der Waals surface area (Å²) < 4.78 is 10.4. The first kappa shape index (κ1) is 20.8. The molecule has 1 aliphatic heterocycles. The lowest BCUT2D eigenvalue weighted by molar-refractivity contribution is -0.129. The van der Waals surface area contributed by atoms with Crippen LogP contribution in [0.3, 0.4) is 0 Å². The van der Waals surface area contributed by atoms with Crippen molar-refractivity contribution in [2.24, 2.45) is 0 Å². The molecule has 4 rings (SSSR count). The predicted molar refractivity (Wildman–Crippen MR) is 115 cm³/mol. The van der Waals surface area contributed by atoms with Gasteiger partial charge in [-0.15, -0.1) is 0 Å². The number of rotatable bonds is 7. The number of ether oxygens (including phenoxy) is 1. The minimum absolute atomic E-state index is 0.122. The third-order valence-corrected chi connectivity index (χ3v) is 5.59. The van der Waals surface area contributed by atoms with Crippen molar-refractivity contribution >= 4 is 11.6 Å². The van der Waals surface area contributed by atoms with Crippen LogP contribution < -0.4 is 9.64 Å². The molecule has 1 aromatic carbocycles. The van der Waals surface area contributed by atoms with Crippen molar-refractivity contribution in [1.82, 2.24) is 25.0 Å². The van der Waals surface area contributed by atoms with E-state index < -0.39 is 0 Å². The highest BCUT2D eigenvalue weighted by atomic mass is 16.5. The van der Waals surface area contributed by atoms with Gasteiger partial charge in [0, 0.05) is 63.9 Å². The van der Waals surface area contributed by atoms with E-state index in [4.69, 9.17) is 9.26 Å². The Labute approximate surface area is 181 Å². The second-order valence-electron chi connectivity index (χ2n) is 7.66. The smallest absolute Gasteiger partial charge is 0.224 e. The van der Waals surface area contributed by atoms with Crippen LogP contribution in [0.5, 0.6) is 5.75 Å². The molecule has 0 radical (unpaired) electrons. The first-order chi connectivity index (χ1) is 15.0. The summed E-state index contributed by atoms with van der Waals surface area (Å²) >= 11 is 0. The summed E-state index contributed by atoms with van der Waals surface area (Å²) in [6.45, 7) is 3.72. The standard InChI is InChI=1S/C22H26N6O3/c1-15-25-22(26-31-15)19-12-23-14-24-21(19)16-7-10-28(13-16)20(29)8-9-27(2)17-5-4-6-18(11-17)30-3/h4-6,11-12,14,16H,7-10,13H2,1-3H3. The highest BCUT2D eigenvalue weighted by molar-refractivity contribution is 5.77. The van der Waals surface area contributed by atoms with Crippen molar-refractivity contribution in [3.63, 3.8) is 0 Å². The predicted octanol–water partition coefficient (Wildman–Crippen LogP) is 2.69. The van der Waals surface area contributed by atoms with Gasteiger partial charge in [-0.1, -0.05) is 11.2 Å². The van der Waals surface area contributed by atoms with Gasteiger partial charge in [0.1, 0.15) is 12.1 Å². The molecule has 0 N–H and O–H groups in total. The molecule has 9 heteroatoms. The second kappa shape index (κ2) is 9.11. The van der Waals surface area contributed by atoms with E-state index in [1.54, 1.807) is 20.2 Å². The Hall–Kier alpha value is -3.49. The number of amides is 1. The molecular weight excluding hydrogens is 396 g/mol. The van der Waals surface area contributed by atoms with E-state index in [1.807, 2.05) is 36.2 Å². The molecule has 1 aliphatic rings. The topological polar surface area (TPSA) is 97.5 Å². The number of aryl methyl sites for hydroxylation is 1. The Morgan fingerprint density at radius 1 is 1.39 bits per heavy atom. The fourth-order valence-electron chi connectivity index (χ4n) is 3.85. The quantitative estimate of drug-likeness (QED) is 0.573. The molecule has 3 heterocycles. The molecule has 0 aliphatic carbocycles. The molecule has 0 spiro atoms. The van der Waals surface area contributed by atoms with E-state index in [1.165, 1.54) is 6.33 Å². The summed E-state index contributed by atoms with van der Waals surface area (Å²) in [6.07, 6.45) is 4.53. The first-order valence-corrected chi connectivity index (χ1v) is 10.3. The molecule has 0 bridgehead atoms. The molecule has 1 unspecified atom stereocenters. The first-order valence-electron chi connectivity index (χ1n) is 10.3. The van der Waals surface area contributed by atoms with Crippen LogP contribution >= 0.6 is 0 Å². The fraction of sp³-hybridized carbons (Fsp3) is 0.409. The zero-order valence-corrected chi connectivity index (χ0v) is 18.0. The number of hydrogen-bond acceptors (Lipinski definition) is 8. The number of benzene rings is 1. The van der Waals surface area contributed by atoms with Crippen LogP contribution in [-0.2, 0) is 4.79 Å². The zero-order chi connectivity index (χ0) is 21.8. The van der Waals surface area contributed by atoms with Gasteiger partial charge in [-0.3, -0.25) is 4.79 Å². The SMILES string of the molecule is COc1cccc(N(C)CCC(=O)N2CCC(c3ncncc3-c3noc(C)n3)C2)c1. The van der Waals surface area contributed by atoms with Crippen LogP contribution in [0, 0.1) is 6.92 Å². The molecule has 162 valence electrons. The van der Waals surface area contributed by atoms with Crippen molar-refractivity contribution in [2.45, 2.75) is 25.7 Å². The molecular formula is C22H26N6O3. The summed E-state index contributed by atoms with van der Waals surface area (Å²) in [6, 6.07) is 7.83. The lowest BCUT2D eigenvalue weighted by Gasteiger charge is -2.22. The van der Waals surface area contributed by atoms with Gasteiger partial charge in [0.05, 0.1) is 18.4 Å². The highest BCUT2D eigenvalue weighted by Crippen LogP contribution is 2.32. The van der Waals surface area contributed by atoms with Crippen LogP contribution in [0.1, 0.15) is 30.3 Å². The van der Waals surface area contributed by atoms with Crippen molar-refractivity contribution < 1.29 is 14.1 Å². The lowest BCUT2D eigenvalue weighted by Crippen LogP contribution is -2.32. The summed E-state index contributed by atoms with van der Waals surface area (Å²) in [4.78, 5) is 29.7. The van der Waals surface area contributed by atoms with Gasteiger partial charge in [-0.05, 0) is 18.6 Å². The Morgan fingerprint density at radius 2 is 2.26 bits per heavy atom. The van der Waals surface area contributed by atoms with Gasteiger partial charge in [0.25, 0.3) is 0 Å². The van der Waals surface area contributed by atoms with E-state index in [-0.39, 0.29) is 11.8 Å². The maximum atomic E-state index is 12.8. The lowest BCUT2D eigenvalue weighted by atomic mass is 10.00. The Kier molecular flexibility index (Phi) is 6.11. The molecule has 3 aromatic rings. The van der Waals surface area contributed by atoms with Crippen LogP contribution in [0.15, 0.2) is 41.3 Å². The summed E-state index contributed by atoms with van der Waals surface area (Å²) in [7, 11) is 3.63. The van der Waals surface area contributed by atoms with E-state index in [9.17, 15) is 4.79 Å². The van der Waals surface area contributed by atoms with Crippen molar-refractivity contribution in [3.05, 3.63) is 48.4 Å². The molecule has 1 atom stereocenters. The second-order valence-corrected chi connectivity index (χ2v) is 7.66. The minimum Gasteiger partial charge on any atom is -0.497 e. The van der Waals surface area contributed by atoms with Crippen molar-refractivity contribution in [3.8, 4) is 17.1 Å². The molecule has 2 aromatic heterocycles. The van der Waals surface area contributed by atoms with E-state index in [0.717, 1.165) is 29.1 Å². The number of carbonyl (C=O) groups excluding carboxylic acids is 1.